The van der Waals surface area contributed by atoms with Crippen LogP contribution < -0.4 is 19.7 Å². The second kappa shape index (κ2) is 12.9. The Bertz CT molecular complexity index is 1370. The number of fused-ring (bicyclic) bond motifs is 6. The highest BCUT2D eigenvalue weighted by molar-refractivity contribution is 7.97. The van der Waals surface area contributed by atoms with Gasteiger partial charge in [-0.15, -0.1) is 5.10 Å². The molecule has 3 aliphatic rings. The van der Waals surface area contributed by atoms with Gasteiger partial charge < -0.3 is 15.0 Å². The summed E-state index contributed by atoms with van der Waals surface area (Å²) in [5.41, 5.74) is 0.418. The summed E-state index contributed by atoms with van der Waals surface area (Å²) in [6.45, 7) is 6.92. The quantitative estimate of drug-likeness (QED) is 0.252. The van der Waals surface area contributed by atoms with Crippen molar-refractivity contribution in [3.05, 3.63) is 48.2 Å². The van der Waals surface area contributed by atoms with E-state index >= 15 is 0 Å². The molecule has 1 saturated carbocycles. The lowest BCUT2D eigenvalue weighted by molar-refractivity contribution is 0.0984. The first kappa shape index (κ1) is 28.8. The standard InChI is InChI=1S/C32H43N7O2S/c1-32(2)21-24-11-8-18-33-26-12-7-13-29(34-26)42-37-31(40)25-14-15-27(35-30(25)38(32)22-24)39-19-16-28(36-39)41-20-17-23-9-5-3-4-6-10-23/h7,12-16,19,23-24H,3-6,8-11,17-18,20-22H2,1-2H3,(H,33,34)(H,37,40)/t24-/m0/s1. The predicted molar refractivity (Wildman–Crippen MR) is 167 cm³/mol. The Labute approximate surface area is 253 Å². The van der Waals surface area contributed by atoms with E-state index in [1.165, 1.54) is 50.5 Å². The molecule has 10 heteroatoms. The third-order valence-corrected chi connectivity index (χ3v) is 9.66. The van der Waals surface area contributed by atoms with Crippen LogP contribution in [0.3, 0.4) is 0 Å². The van der Waals surface area contributed by atoms with Crippen LogP contribution >= 0.6 is 11.9 Å². The van der Waals surface area contributed by atoms with E-state index in [4.69, 9.17) is 14.8 Å². The Morgan fingerprint density at radius 2 is 1.88 bits per heavy atom. The lowest BCUT2D eigenvalue weighted by Gasteiger charge is -2.34. The summed E-state index contributed by atoms with van der Waals surface area (Å²) in [7, 11) is 0. The lowest BCUT2D eigenvalue weighted by atomic mass is 9.93. The third-order valence-electron chi connectivity index (χ3n) is 8.94. The Morgan fingerprint density at radius 1 is 1.02 bits per heavy atom. The van der Waals surface area contributed by atoms with E-state index < -0.39 is 0 Å². The summed E-state index contributed by atoms with van der Waals surface area (Å²) in [4.78, 5) is 25.6. The van der Waals surface area contributed by atoms with Crippen molar-refractivity contribution in [2.24, 2.45) is 11.8 Å². The molecular weight excluding hydrogens is 546 g/mol. The summed E-state index contributed by atoms with van der Waals surface area (Å²) in [5.74, 6) is 3.89. The van der Waals surface area contributed by atoms with Crippen LogP contribution in [0.1, 0.15) is 88.4 Å². The van der Waals surface area contributed by atoms with Crippen molar-refractivity contribution >= 4 is 29.5 Å². The minimum atomic E-state index is -0.189. The number of pyridine rings is 2. The topological polar surface area (TPSA) is 97.2 Å². The molecule has 0 unspecified atom stereocenters. The van der Waals surface area contributed by atoms with E-state index in [0.29, 0.717) is 35.6 Å². The number of nitrogens with zero attached hydrogens (tertiary/aromatic N) is 5. The lowest BCUT2D eigenvalue weighted by Crippen LogP contribution is -2.40. The Balaban J connectivity index is 1.23. The highest BCUT2D eigenvalue weighted by atomic mass is 32.2. The number of carbonyl (C=O) groups is 1. The summed E-state index contributed by atoms with van der Waals surface area (Å²) in [5, 5.41) is 8.86. The number of carbonyl (C=O) groups excluding carboxylic acids is 1. The molecule has 1 saturated heterocycles. The smallest absolute Gasteiger partial charge is 0.265 e. The Morgan fingerprint density at radius 3 is 2.74 bits per heavy atom. The van der Waals surface area contributed by atoms with Crippen LogP contribution in [0.2, 0.25) is 0 Å². The van der Waals surface area contributed by atoms with E-state index in [-0.39, 0.29) is 11.4 Å². The Hall–Kier alpha value is -3.27. The number of hydrogen-bond donors (Lipinski definition) is 2. The number of amides is 1. The number of rotatable bonds is 5. The van der Waals surface area contributed by atoms with Crippen molar-refractivity contribution in [2.45, 2.75) is 88.6 Å². The molecule has 3 aromatic heterocycles. The molecule has 224 valence electrons. The first-order chi connectivity index (χ1) is 20.4. The molecule has 2 N–H and O–H groups in total. The molecule has 2 fully saturated rings. The zero-order valence-electron chi connectivity index (χ0n) is 24.8. The highest BCUT2D eigenvalue weighted by Gasteiger charge is 2.40. The van der Waals surface area contributed by atoms with Crippen molar-refractivity contribution in [3.8, 4) is 11.7 Å². The van der Waals surface area contributed by atoms with Gasteiger partial charge in [0.25, 0.3) is 5.91 Å². The summed E-state index contributed by atoms with van der Waals surface area (Å²) >= 11 is 1.22. The maximum absolute atomic E-state index is 13.6. The van der Waals surface area contributed by atoms with Gasteiger partial charge in [-0.3, -0.25) is 9.52 Å². The maximum atomic E-state index is 13.6. The average molecular weight is 590 g/mol. The second-order valence-corrected chi connectivity index (χ2v) is 13.4. The normalized spacial score (nSPS) is 21.3. The van der Waals surface area contributed by atoms with Crippen LogP contribution in [0.25, 0.3) is 5.82 Å². The van der Waals surface area contributed by atoms with Crippen LogP contribution in [0.4, 0.5) is 11.6 Å². The fraction of sp³-hybridized carbons (Fsp3) is 0.562. The third kappa shape index (κ3) is 6.85. The number of ether oxygens (including phenoxy) is 1. The molecule has 0 radical (unpaired) electrons. The predicted octanol–water partition coefficient (Wildman–Crippen LogP) is 6.65. The van der Waals surface area contributed by atoms with E-state index in [1.807, 2.05) is 42.6 Å². The average Bonchev–Trinajstić information content (AvgIpc) is 3.47. The van der Waals surface area contributed by atoms with Crippen LogP contribution in [0.5, 0.6) is 5.88 Å². The summed E-state index contributed by atoms with van der Waals surface area (Å²) in [6, 6.07) is 11.5. The van der Waals surface area contributed by atoms with E-state index in [0.717, 1.165) is 55.5 Å². The van der Waals surface area contributed by atoms with E-state index in [2.05, 4.69) is 33.8 Å². The van der Waals surface area contributed by atoms with Gasteiger partial charge in [0.15, 0.2) is 5.82 Å². The van der Waals surface area contributed by atoms with Crippen LogP contribution in [-0.4, -0.2) is 50.9 Å². The largest absolute Gasteiger partial charge is 0.477 e. The first-order valence-electron chi connectivity index (χ1n) is 15.6. The van der Waals surface area contributed by atoms with Crippen LogP contribution in [0, 0.1) is 11.8 Å². The zero-order valence-corrected chi connectivity index (χ0v) is 25.7. The molecular formula is C32H43N7O2S. The van der Waals surface area contributed by atoms with Gasteiger partial charge in [0, 0.05) is 42.8 Å². The monoisotopic (exact) mass is 589 g/mol. The summed E-state index contributed by atoms with van der Waals surface area (Å²) < 4.78 is 10.8. The van der Waals surface area contributed by atoms with Crippen LogP contribution in [-0.2, 0) is 0 Å². The molecule has 2 aliphatic heterocycles. The molecule has 3 aromatic rings. The van der Waals surface area contributed by atoms with Crippen molar-refractivity contribution in [1.82, 2.24) is 24.5 Å². The SMILES string of the molecule is CC1(C)C[C@@H]2CCCNc3cccc(n3)SNC(=O)c3ccc(-n4ccc(OCCC5CCCCCC5)n4)nc3N1C2. The van der Waals surface area contributed by atoms with Gasteiger partial charge in [-0.05, 0) is 75.6 Å². The number of hydrogen-bond acceptors (Lipinski definition) is 8. The number of nitrogens with one attached hydrogen (secondary N) is 2. The van der Waals surface area contributed by atoms with Gasteiger partial charge in [-0.2, -0.15) is 0 Å². The van der Waals surface area contributed by atoms with Gasteiger partial charge in [0.1, 0.15) is 16.7 Å². The van der Waals surface area contributed by atoms with Crippen LogP contribution in [0.15, 0.2) is 47.6 Å². The molecule has 5 heterocycles. The molecule has 0 spiro atoms. The molecule has 1 atom stereocenters. The minimum Gasteiger partial charge on any atom is -0.477 e. The maximum Gasteiger partial charge on any atom is 0.265 e. The molecule has 1 aliphatic carbocycles. The van der Waals surface area contributed by atoms with Gasteiger partial charge in [-0.25, -0.2) is 14.6 Å². The Kier molecular flexibility index (Phi) is 8.88. The van der Waals surface area contributed by atoms with E-state index in [9.17, 15) is 4.79 Å². The molecule has 6 rings (SSSR count). The molecule has 0 aromatic carbocycles. The molecule has 9 nitrogen and oxygen atoms in total. The van der Waals surface area contributed by atoms with Crippen molar-refractivity contribution in [2.75, 3.05) is 29.9 Å². The van der Waals surface area contributed by atoms with E-state index in [1.54, 1.807) is 4.68 Å². The van der Waals surface area contributed by atoms with Gasteiger partial charge >= 0.3 is 0 Å². The number of aromatic nitrogens is 4. The summed E-state index contributed by atoms with van der Waals surface area (Å²) in [6.07, 6.45) is 14.2. The van der Waals surface area contributed by atoms with Crippen molar-refractivity contribution < 1.29 is 9.53 Å². The molecule has 42 heavy (non-hydrogen) atoms. The first-order valence-corrected chi connectivity index (χ1v) is 16.4. The van der Waals surface area contributed by atoms with Gasteiger partial charge in [0.2, 0.25) is 5.88 Å². The minimum absolute atomic E-state index is 0.134. The van der Waals surface area contributed by atoms with Crippen molar-refractivity contribution in [3.63, 3.8) is 0 Å². The number of anilines is 2. The van der Waals surface area contributed by atoms with Gasteiger partial charge in [0.05, 0.1) is 12.2 Å². The van der Waals surface area contributed by atoms with Gasteiger partial charge in [-0.1, -0.05) is 44.6 Å². The fourth-order valence-corrected chi connectivity index (χ4v) is 7.33. The second-order valence-electron chi connectivity index (χ2n) is 12.6. The highest BCUT2D eigenvalue weighted by Crippen LogP contribution is 2.40. The zero-order chi connectivity index (χ0) is 28.9. The molecule has 4 bridgehead atoms. The fourth-order valence-electron chi connectivity index (χ4n) is 6.73. The molecule has 1 amide bonds. The van der Waals surface area contributed by atoms with Crippen molar-refractivity contribution in [1.29, 1.82) is 0 Å².